The molecular weight excluding hydrogens is 308 g/mol. The maximum Gasteiger partial charge on any atom is 0.125 e. The lowest BCUT2D eigenvalue weighted by Gasteiger charge is -2.16. The summed E-state index contributed by atoms with van der Waals surface area (Å²) in [5.74, 6) is 2.23. The molecule has 4 heteroatoms. The van der Waals surface area contributed by atoms with Crippen LogP contribution in [-0.4, -0.2) is 12.2 Å². The van der Waals surface area contributed by atoms with Gasteiger partial charge in [0.05, 0.1) is 7.11 Å². The molecular formula is C15H17BrO3. The Balaban J connectivity index is 2.55. The van der Waals surface area contributed by atoms with Gasteiger partial charge in [0, 0.05) is 15.6 Å². The van der Waals surface area contributed by atoms with Gasteiger partial charge >= 0.3 is 0 Å². The molecule has 0 aliphatic heterocycles. The Morgan fingerprint density at radius 1 is 1.21 bits per heavy atom. The average Bonchev–Trinajstić information content (AvgIpc) is 2.62. The fourth-order valence-electron chi connectivity index (χ4n) is 2.29. The number of aliphatic hydroxyl groups is 1. The van der Waals surface area contributed by atoms with Crippen LogP contribution in [0, 0.1) is 20.8 Å². The second-order valence-corrected chi connectivity index (χ2v) is 5.46. The minimum absolute atomic E-state index is 0.661. The number of hydrogen-bond acceptors (Lipinski definition) is 3. The van der Waals surface area contributed by atoms with Crippen molar-refractivity contribution in [2.75, 3.05) is 7.11 Å². The van der Waals surface area contributed by atoms with Crippen LogP contribution in [0.25, 0.3) is 0 Å². The molecule has 1 N–H and O–H groups in total. The highest BCUT2D eigenvalue weighted by Gasteiger charge is 2.23. The van der Waals surface area contributed by atoms with E-state index >= 15 is 0 Å². The van der Waals surface area contributed by atoms with Gasteiger partial charge in [-0.2, -0.15) is 0 Å². The van der Waals surface area contributed by atoms with Crippen molar-refractivity contribution >= 4 is 15.9 Å². The Morgan fingerprint density at radius 3 is 2.42 bits per heavy atom. The van der Waals surface area contributed by atoms with Crippen molar-refractivity contribution < 1.29 is 14.3 Å². The normalized spacial score (nSPS) is 12.5. The first kappa shape index (κ1) is 14.2. The zero-order chi connectivity index (χ0) is 14.2. The van der Waals surface area contributed by atoms with E-state index in [0.717, 1.165) is 32.7 Å². The summed E-state index contributed by atoms with van der Waals surface area (Å²) >= 11 is 3.42. The number of aryl methyl sites for hydroxylation is 2. The molecule has 3 nitrogen and oxygen atoms in total. The minimum Gasteiger partial charge on any atom is -0.496 e. The molecule has 102 valence electrons. The van der Waals surface area contributed by atoms with E-state index in [1.165, 1.54) is 0 Å². The van der Waals surface area contributed by atoms with Gasteiger partial charge in [-0.05, 0) is 44.5 Å². The number of halogens is 1. The molecule has 1 aromatic carbocycles. The van der Waals surface area contributed by atoms with Crippen molar-refractivity contribution in [2.45, 2.75) is 26.9 Å². The molecule has 0 fully saturated rings. The standard InChI is InChI=1S/C15H17BrO3/c1-8-9(2)19-10(3)14(8)15(17)12-7-11(16)5-6-13(12)18-4/h5-7,15,17H,1-4H3. The summed E-state index contributed by atoms with van der Waals surface area (Å²) < 4.78 is 11.8. The van der Waals surface area contributed by atoms with Crippen LogP contribution < -0.4 is 4.74 Å². The van der Waals surface area contributed by atoms with Crippen LogP contribution in [0.2, 0.25) is 0 Å². The monoisotopic (exact) mass is 324 g/mol. The van der Waals surface area contributed by atoms with E-state index in [-0.39, 0.29) is 0 Å². The largest absolute Gasteiger partial charge is 0.496 e. The zero-order valence-corrected chi connectivity index (χ0v) is 13.0. The third-order valence-corrected chi connectivity index (χ3v) is 3.87. The number of ether oxygens (including phenoxy) is 1. The maximum absolute atomic E-state index is 10.6. The summed E-state index contributed by atoms with van der Waals surface area (Å²) in [6.07, 6.45) is -0.759. The van der Waals surface area contributed by atoms with E-state index in [1.54, 1.807) is 7.11 Å². The van der Waals surface area contributed by atoms with Gasteiger partial charge in [-0.1, -0.05) is 15.9 Å². The Bertz CT molecular complexity index is 602. The molecule has 2 rings (SSSR count). The lowest BCUT2D eigenvalue weighted by atomic mass is 9.97. The Hall–Kier alpha value is -1.26. The quantitative estimate of drug-likeness (QED) is 0.925. The highest BCUT2D eigenvalue weighted by molar-refractivity contribution is 9.10. The van der Waals surface area contributed by atoms with Crippen LogP contribution in [0.3, 0.4) is 0 Å². The van der Waals surface area contributed by atoms with Crippen molar-refractivity contribution in [1.82, 2.24) is 0 Å². The molecule has 0 spiro atoms. The van der Waals surface area contributed by atoms with Crippen molar-refractivity contribution in [3.63, 3.8) is 0 Å². The molecule has 0 saturated carbocycles. The summed E-state index contributed by atoms with van der Waals surface area (Å²) in [5.41, 5.74) is 2.52. The van der Waals surface area contributed by atoms with E-state index in [4.69, 9.17) is 9.15 Å². The molecule has 19 heavy (non-hydrogen) atoms. The summed E-state index contributed by atoms with van der Waals surface area (Å²) in [4.78, 5) is 0. The first-order chi connectivity index (χ1) is 8.95. The summed E-state index contributed by atoms with van der Waals surface area (Å²) in [5, 5.41) is 10.6. The summed E-state index contributed by atoms with van der Waals surface area (Å²) in [6.45, 7) is 5.72. The molecule has 0 amide bonds. The van der Waals surface area contributed by atoms with Crippen LogP contribution >= 0.6 is 15.9 Å². The molecule has 1 heterocycles. The Labute approximate surface area is 121 Å². The third-order valence-electron chi connectivity index (χ3n) is 3.38. The minimum atomic E-state index is -0.759. The smallest absolute Gasteiger partial charge is 0.125 e. The predicted octanol–water partition coefficient (Wildman–Crippen LogP) is 4.06. The van der Waals surface area contributed by atoms with Crippen LogP contribution in [0.15, 0.2) is 27.1 Å². The molecule has 1 atom stereocenters. The van der Waals surface area contributed by atoms with Gasteiger partial charge < -0.3 is 14.3 Å². The molecule has 0 saturated heterocycles. The first-order valence-electron chi connectivity index (χ1n) is 6.03. The van der Waals surface area contributed by atoms with Gasteiger partial charge in [-0.15, -0.1) is 0 Å². The molecule has 0 aliphatic rings. The van der Waals surface area contributed by atoms with Crippen molar-refractivity contribution in [3.8, 4) is 5.75 Å². The van der Waals surface area contributed by atoms with E-state index in [9.17, 15) is 5.11 Å². The summed E-state index contributed by atoms with van der Waals surface area (Å²) in [7, 11) is 1.60. The fraction of sp³-hybridized carbons (Fsp3) is 0.333. The topological polar surface area (TPSA) is 42.6 Å². The van der Waals surface area contributed by atoms with E-state index < -0.39 is 6.10 Å². The highest BCUT2D eigenvalue weighted by atomic mass is 79.9. The van der Waals surface area contributed by atoms with Crippen molar-refractivity contribution in [3.05, 3.63) is 50.9 Å². The van der Waals surface area contributed by atoms with Gasteiger partial charge in [0.1, 0.15) is 23.4 Å². The van der Waals surface area contributed by atoms with Gasteiger partial charge in [0.2, 0.25) is 0 Å². The molecule has 1 unspecified atom stereocenters. The van der Waals surface area contributed by atoms with Gasteiger partial charge in [0.15, 0.2) is 0 Å². The van der Waals surface area contributed by atoms with Crippen LogP contribution in [0.5, 0.6) is 5.75 Å². The van der Waals surface area contributed by atoms with E-state index in [1.807, 2.05) is 39.0 Å². The second kappa shape index (κ2) is 5.39. The van der Waals surface area contributed by atoms with Gasteiger partial charge in [0.25, 0.3) is 0 Å². The molecule has 2 aromatic rings. The Kier molecular flexibility index (Phi) is 4.02. The molecule has 0 bridgehead atoms. The molecule has 0 radical (unpaired) electrons. The average molecular weight is 325 g/mol. The summed E-state index contributed by atoms with van der Waals surface area (Å²) in [6, 6.07) is 5.58. The molecule has 0 aliphatic carbocycles. The Morgan fingerprint density at radius 2 is 1.89 bits per heavy atom. The number of hydrogen-bond donors (Lipinski definition) is 1. The van der Waals surface area contributed by atoms with Crippen LogP contribution in [0.1, 0.15) is 34.3 Å². The van der Waals surface area contributed by atoms with Crippen molar-refractivity contribution in [1.29, 1.82) is 0 Å². The number of aliphatic hydroxyl groups excluding tert-OH is 1. The first-order valence-corrected chi connectivity index (χ1v) is 6.83. The van der Waals surface area contributed by atoms with Crippen molar-refractivity contribution in [2.24, 2.45) is 0 Å². The lowest BCUT2D eigenvalue weighted by Crippen LogP contribution is -2.04. The van der Waals surface area contributed by atoms with Crippen LogP contribution in [-0.2, 0) is 0 Å². The van der Waals surface area contributed by atoms with E-state index in [0.29, 0.717) is 5.75 Å². The second-order valence-electron chi connectivity index (χ2n) is 4.54. The number of furan rings is 1. The fourth-order valence-corrected chi connectivity index (χ4v) is 2.67. The SMILES string of the molecule is COc1ccc(Br)cc1C(O)c1c(C)oc(C)c1C. The third kappa shape index (κ3) is 2.55. The molecule has 1 aromatic heterocycles. The predicted molar refractivity (Wildman–Crippen MR) is 77.7 cm³/mol. The number of methoxy groups -OCH3 is 1. The van der Waals surface area contributed by atoms with Gasteiger partial charge in [-0.3, -0.25) is 0 Å². The number of benzene rings is 1. The van der Waals surface area contributed by atoms with E-state index in [2.05, 4.69) is 15.9 Å². The highest BCUT2D eigenvalue weighted by Crippen LogP contribution is 2.36. The van der Waals surface area contributed by atoms with Gasteiger partial charge in [-0.25, -0.2) is 0 Å². The lowest BCUT2D eigenvalue weighted by molar-refractivity contribution is 0.212. The van der Waals surface area contributed by atoms with Crippen LogP contribution in [0.4, 0.5) is 0 Å². The number of rotatable bonds is 3. The maximum atomic E-state index is 10.6. The zero-order valence-electron chi connectivity index (χ0n) is 11.5.